The molecule has 12 nitrogen and oxygen atoms in total. The first-order valence-electron chi connectivity index (χ1n) is 17.4. The molecule has 0 radical (unpaired) electrons. The summed E-state index contributed by atoms with van der Waals surface area (Å²) in [5.41, 5.74) is -0.281. The number of carbonyl (C=O) groups is 4. The van der Waals surface area contributed by atoms with Crippen molar-refractivity contribution in [1.29, 1.82) is 0 Å². The first kappa shape index (κ1) is 33.7. The summed E-state index contributed by atoms with van der Waals surface area (Å²) in [6.45, 7) is 6.49. The number of fused-ring (bicyclic) bond motifs is 4. The van der Waals surface area contributed by atoms with E-state index < -0.39 is 34.6 Å². The Labute approximate surface area is 299 Å². The number of aromatic hydroxyl groups is 2. The Morgan fingerprint density at radius 1 is 0.500 bits per heavy atom. The maximum absolute atomic E-state index is 14.1. The summed E-state index contributed by atoms with van der Waals surface area (Å²) in [5.74, 6) is -3.27. The lowest BCUT2D eigenvalue weighted by Crippen LogP contribution is -2.38. The molecule has 8 rings (SSSR count). The topological polar surface area (TPSA) is 152 Å². The van der Waals surface area contributed by atoms with Crippen LogP contribution in [0.25, 0.3) is 11.1 Å². The van der Waals surface area contributed by atoms with Crippen LogP contribution in [0, 0.1) is 0 Å². The minimum Gasteiger partial charge on any atom is -0.506 e. The number of ketones is 4. The Morgan fingerprint density at radius 3 is 1.17 bits per heavy atom. The lowest BCUT2D eigenvalue weighted by Gasteiger charge is -2.28. The van der Waals surface area contributed by atoms with E-state index in [0.29, 0.717) is 65.7 Å². The Kier molecular flexibility index (Phi) is 9.06. The second-order valence-corrected chi connectivity index (χ2v) is 13.1. The average molecular weight is 705 g/mol. The van der Waals surface area contributed by atoms with E-state index in [9.17, 15) is 29.4 Å². The Balaban J connectivity index is 1.27. The molecule has 4 aliphatic rings. The quantitative estimate of drug-likeness (QED) is 0.226. The molecule has 0 bridgehead atoms. The van der Waals surface area contributed by atoms with Gasteiger partial charge in [-0.3, -0.25) is 29.0 Å². The number of benzene rings is 4. The zero-order valence-corrected chi connectivity index (χ0v) is 28.3. The van der Waals surface area contributed by atoms with Crippen LogP contribution in [0.3, 0.4) is 0 Å². The Bertz CT molecular complexity index is 1980. The van der Waals surface area contributed by atoms with Crippen molar-refractivity contribution < 1.29 is 48.3 Å². The van der Waals surface area contributed by atoms with Crippen LogP contribution in [-0.2, 0) is 9.47 Å². The molecule has 0 amide bonds. The van der Waals surface area contributed by atoms with Gasteiger partial charge in [0.1, 0.15) is 36.2 Å². The van der Waals surface area contributed by atoms with Gasteiger partial charge in [0.15, 0.2) is 23.1 Å². The Morgan fingerprint density at radius 2 is 0.827 bits per heavy atom. The van der Waals surface area contributed by atoms with Gasteiger partial charge >= 0.3 is 0 Å². The summed E-state index contributed by atoms with van der Waals surface area (Å²) in [6.07, 6.45) is 0. The number of carbonyl (C=O) groups excluding carboxylic acids is 4. The van der Waals surface area contributed by atoms with Crippen LogP contribution in [0.1, 0.15) is 63.7 Å². The minimum atomic E-state index is -0.595. The molecule has 12 heteroatoms. The van der Waals surface area contributed by atoms with Crippen molar-refractivity contribution in [3.63, 3.8) is 0 Å². The largest absolute Gasteiger partial charge is 0.506 e. The highest BCUT2D eigenvalue weighted by atomic mass is 16.5. The third kappa shape index (κ3) is 5.83. The fraction of sp³-hybridized carbons (Fsp3) is 0.300. The van der Waals surface area contributed by atoms with Crippen molar-refractivity contribution in [3.05, 3.63) is 105 Å². The van der Waals surface area contributed by atoms with Gasteiger partial charge in [0, 0.05) is 72.6 Å². The SMILES string of the molecule is O=C1c2ccccc2C(=O)c2c(O)c(-c3cc(OCCN4CCOCC4)c4c(c3O)C(=O)c3ccccc3C4=O)cc(OCCN3CCOCC3)c21. The van der Waals surface area contributed by atoms with Crippen molar-refractivity contribution in [1.82, 2.24) is 9.80 Å². The third-order valence-corrected chi connectivity index (χ3v) is 10.1. The molecule has 52 heavy (non-hydrogen) atoms. The van der Waals surface area contributed by atoms with Gasteiger partial charge in [-0.1, -0.05) is 48.5 Å². The number of phenolic OH excluding ortho intramolecular Hbond substituents is 2. The summed E-state index contributed by atoms with van der Waals surface area (Å²) in [5, 5.41) is 23.8. The molecule has 0 atom stereocenters. The zero-order valence-electron chi connectivity index (χ0n) is 28.3. The number of hydrogen-bond acceptors (Lipinski definition) is 12. The molecule has 0 spiro atoms. The van der Waals surface area contributed by atoms with Gasteiger partial charge in [0.25, 0.3) is 0 Å². The summed E-state index contributed by atoms with van der Waals surface area (Å²) in [6, 6.07) is 15.5. The Hall–Kier alpha value is -5.40. The fourth-order valence-electron chi connectivity index (χ4n) is 7.34. The molecule has 266 valence electrons. The van der Waals surface area contributed by atoms with Gasteiger partial charge in [0.05, 0.1) is 48.7 Å². The molecule has 2 aliphatic heterocycles. The van der Waals surface area contributed by atoms with Crippen molar-refractivity contribution in [2.75, 3.05) is 78.9 Å². The molecule has 0 unspecified atom stereocenters. The summed E-state index contributed by atoms with van der Waals surface area (Å²) >= 11 is 0. The lowest BCUT2D eigenvalue weighted by molar-refractivity contribution is 0.0321. The second kappa shape index (κ2) is 14.0. The molecule has 2 fully saturated rings. The van der Waals surface area contributed by atoms with Crippen molar-refractivity contribution >= 4 is 23.1 Å². The highest BCUT2D eigenvalue weighted by molar-refractivity contribution is 6.32. The normalized spacial score (nSPS) is 17.3. The number of ether oxygens (including phenoxy) is 4. The van der Waals surface area contributed by atoms with Crippen molar-refractivity contribution in [2.24, 2.45) is 0 Å². The number of hydrogen-bond donors (Lipinski definition) is 2. The number of rotatable bonds is 9. The highest BCUT2D eigenvalue weighted by Gasteiger charge is 2.40. The maximum atomic E-state index is 14.1. The van der Waals surface area contributed by atoms with E-state index in [2.05, 4.69) is 9.80 Å². The smallest absolute Gasteiger partial charge is 0.198 e. The van der Waals surface area contributed by atoms with E-state index >= 15 is 0 Å². The number of nitrogens with zero attached hydrogens (tertiary/aromatic N) is 2. The van der Waals surface area contributed by atoms with Gasteiger partial charge in [-0.2, -0.15) is 0 Å². The molecule has 2 saturated heterocycles. The lowest BCUT2D eigenvalue weighted by atomic mass is 9.79. The van der Waals surface area contributed by atoms with Gasteiger partial charge < -0.3 is 29.2 Å². The van der Waals surface area contributed by atoms with Crippen LogP contribution < -0.4 is 9.47 Å². The van der Waals surface area contributed by atoms with Crippen LogP contribution >= 0.6 is 0 Å². The first-order valence-corrected chi connectivity index (χ1v) is 17.4. The van der Waals surface area contributed by atoms with E-state index in [1.54, 1.807) is 36.4 Å². The van der Waals surface area contributed by atoms with Gasteiger partial charge in [-0.05, 0) is 12.1 Å². The van der Waals surface area contributed by atoms with Crippen LogP contribution in [0.15, 0.2) is 60.7 Å². The maximum Gasteiger partial charge on any atom is 0.198 e. The molecular weight excluding hydrogens is 668 g/mol. The molecule has 4 aromatic rings. The summed E-state index contributed by atoms with van der Waals surface area (Å²) in [7, 11) is 0. The number of morpholine rings is 2. The van der Waals surface area contributed by atoms with E-state index in [-0.39, 0.29) is 80.3 Å². The molecule has 4 aromatic carbocycles. The van der Waals surface area contributed by atoms with Gasteiger partial charge in [-0.15, -0.1) is 0 Å². The summed E-state index contributed by atoms with van der Waals surface area (Å²) < 4.78 is 23.4. The average Bonchev–Trinajstić information content (AvgIpc) is 3.17. The van der Waals surface area contributed by atoms with E-state index in [0.717, 1.165) is 0 Å². The first-order chi connectivity index (χ1) is 25.3. The molecule has 0 saturated carbocycles. The van der Waals surface area contributed by atoms with Crippen LogP contribution in [-0.4, -0.2) is 122 Å². The fourth-order valence-corrected chi connectivity index (χ4v) is 7.34. The van der Waals surface area contributed by atoms with Crippen molar-refractivity contribution in [2.45, 2.75) is 0 Å². The van der Waals surface area contributed by atoms with Crippen LogP contribution in [0.2, 0.25) is 0 Å². The molecule has 2 aliphatic carbocycles. The van der Waals surface area contributed by atoms with Crippen LogP contribution in [0.4, 0.5) is 0 Å². The molecular formula is C40H36N2O10. The molecule has 2 N–H and O–H groups in total. The third-order valence-electron chi connectivity index (χ3n) is 10.1. The molecule has 0 aromatic heterocycles. The van der Waals surface area contributed by atoms with E-state index in [1.807, 2.05) is 0 Å². The second-order valence-electron chi connectivity index (χ2n) is 13.1. The molecule has 2 heterocycles. The van der Waals surface area contributed by atoms with Crippen LogP contribution in [0.5, 0.6) is 23.0 Å². The zero-order chi connectivity index (χ0) is 35.9. The summed E-state index contributed by atoms with van der Waals surface area (Å²) in [4.78, 5) is 60.3. The predicted octanol–water partition coefficient (Wildman–Crippen LogP) is 3.74. The highest BCUT2D eigenvalue weighted by Crippen LogP contribution is 2.50. The predicted molar refractivity (Wildman–Crippen MR) is 187 cm³/mol. The van der Waals surface area contributed by atoms with Gasteiger partial charge in [-0.25, -0.2) is 0 Å². The number of phenols is 2. The van der Waals surface area contributed by atoms with E-state index in [4.69, 9.17) is 18.9 Å². The standard InChI is InChI=1S/C40H36N2O10/c43-35-23-5-1-3-7-25(23)37(45)33-31(35)29(51-19-13-41-9-15-49-16-10-41)21-27(39(33)47)28-22-30(52-20-14-42-11-17-50-18-12-42)32-34(40(28)48)38(46)26-8-4-2-6-24(26)36(32)44/h1-8,21-22,47-48H,9-20H2. The van der Waals surface area contributed by atoms with E-state index in [1.165, 1.54) is 24.3 Å². The van der Waals surface area contributed by atoms with Crippen molar-refractivity contribution in [3.8, 4) is 34.1 Å². The monoisotopic (exact) mass is 704 g/mol. The van der Waals surface area contributed by atoms with Gasteiger partial charge in [0.2, 0.25) is 0 Å². The minimum absolute atomic E-state index is 0.0311.